The SMILES string of the molecule is Cc1ccc(Nc2ncnc(Oc3ccc(C)c(C)c3)c2[N+](=O)[O-])cc1C. The Morgan fingerprint density at radius 1 is 0.926 bits per heavy atom. The fraction of sp³-hybridized carbons (Fsp3) is 0.200. The minimum atomic E-state index is -0.542. The molecular formula is C20H20N4O3. The lowest BCUT2D eigenvalue weighted by Crippen LogP contribution is -2.04. The molecule has 0 saturated carbocycles. The van der Waals surface area contributed by atoms with Gasteiger partial charge in [0.2, 0.25) is 5.82 Å². The van der Waals surface area contributed by atoms with E-state index in [-0.39, 0.29) is 17.4 Å². The van der Waals surface area contributed by atoms with Gasteiger partial charge in [0.25, 0.3) is 0 Å². The fourth-order valence-corrected chi connectivity index (χ4v) is 2.54. The van der Waals surface area contributed by atoms with Gasteiger partial charge in [-0.2, -0.15) is 4.98 Å². The van der Waals surface area contributed by atoms with E-state index in [1.807, 2.05) is 58.0 Å². The van der Waals surface area contributed by atoms with Crippen LogP contribution in [0.2, 0.25) is 0 Å². The van der Waals surface area contributed by atoms with Crippen molar-refractivity contribution in [2.75, 3.05) is 5.32 Å². The maximum Gasteiger partial charge on any atom is 0.373 e. The van der Waals surface area contributed by atoms with Crippen molar-refractivity contribution in [3.63, 3.8) is 0 Å². The monoisotopic (exact) mass is 364 g/mol. The van der Waals surface area contributed by atoms with Crippen LogP contribution < -0.4 is 10.1 Å². The van der Waals surface area contributed by atoms with Crippen LogP contribution in [0.1, 0.15) is 22.3 Å². The Morgan fingerprint density at radius 2 is 1.59 bits per heavy atom. The Hall–Kier alpha value is -3.48. The largest absolute Gasteiger partial charge is 0.434 e. The zero-order valence-electron chi connectivity index (χ0n) is 15.6. The van der Waals surface area contributed by atoms with Gasteiger partial charge >= 0.3 is 11.6 Å². The summed E-state index contributed by atoms with van der Waals surface area (Å²) in [6.45, 7) is 7.91. The Labute approximate surface area is 157 Å². The number of aromatic nitrogens is 2. The van der Waals surface area contributed by atoms with E-state index < -0.39 is 4.92 Å². The fourth-order valence-electron chi connectivity index (χ4n) is 2.54. The van der Waals surface area contributed by atoms with Crippen LogP contribution in [0.3, 0.4) is 0 Å². The predicted molar refractivity (Wildman–Crippen MR) is 104 cm³/mol. The van der Waals surface area contributed by atoms with Gasteiger partial charge in [-0.1, -0.05) is 12.1 Å². The number of nitrogens with one attached hydrogen (secondary N) is 1. The molecule has 0 unspecified atom stereocenters. The van der Waals surface area contributed by atoms with Crippen molar-refractivity contribution in [3.8, 4) is 11.6 Å². The third-order valence-corrected chi connectivity index (χ3v) is 4.43. The quantitative estimate of drug-likeness (QED) is 0.497. The summed E-state index contributed by atoms with van der Waals surface area (Å²) in [4.78, 5) is 19.1. The highest BCUT2D eigenvalue weighted by Gasteiger charge is 2.25. The smallest absolute Gasteiger partial charge is 0.373 e. The third kappa shape index (κ3) is 4.03. The van der Waals surface area contributed by atoms with Crippen LogP contribution in [0.4, 0.5) is 17.2 Å². The first kappa shape index (κ1) is 18.3. The minimum Gasteiger partial charge on any atom is -0.434 e. The maximum absolute atomic E-state index is 11.7. The first-order valence-corrected chi connectivity index (χ1v) is 8.44. The van der Waals surface area contributed by atoms with Crippen LogP contribution in [0.25, 0.3) is 0 Å². The first-order chi connectivity index (χ1) is 12.8. The standard InChI is InChI=1S/C20H20N4O3/c1-12-5-7-16(9-14(12)3)23-19-18(24(25)26)20(22-11-21-19)27-17-8-6-13(2)15(4)10-17/h5-11H,1-4H3,(H,21,22,23). The molecule has 27 heavy (non-hydrogen) atoms. The van der Waals surface area contributed by atoms with E-state index in [1.54, 1.807) is 6.07 Å². The number of benzene rings is 2. The number of hydrogen-bond donors (Lipinski definition) is 1. The molecule has 1 aromatic heterocycles. The molecule has 0 amide bonds. The summed E-state index contributed by atoms with van der Waals surface area (Å²) in [5.74, 6) is 0.457. The van der Waals surface area contributed by atoms with Gasteiger partial charge in [0, 0.05) is 5.69 Å². The van der Waals surface area contributed by atoms with Gasteiger partial charge in [-0.15, -0.1) is 0 Å². The van der Waals surface area contributed by atoms with Crippen molar-refractivity contribution in [2.45, 2.75) is 27.7 Å². The second-order valence-electron chi connectivity index (χ2n) is 6.41. The van der Waals surface area contributed by atoms with Gasteiger partial charge in [-0.05, 0) is 74.2 Å². The summed E-state index contributed by atoms with van der Waals surface area (Å²) in [6, 6.07) is 11.2. The Balaban J connectivity index is 1.97. The van der Waals surface area contributed by atoms with Gasteiger partial charge < -0.3 is 10.1 Å². The van der Waals surface area contributed by atoms with Crippen molar-refractivity contribution in [3.05, 3.63) is 75.1 Å². The minimum absolute atomic E-state index is 0.0806. The summed E-state index contributed by atoms with van der Waals surface area (Å²) in [5, 5.41) is 14.7. The van der Waals surface area contributed by atoms with E-state index in [2.05, 4.69) is 15.3 Å². The molecule has 3 aromatic rings. The molecule has 0 saturated heterocycles. The van der Waals surface area contributed by atoms with Gasteiger partial charge in [0.1, 0.15) is 12.1 Å². The molecule has 0 aliphatic heterocycles. The average Bonchev–Trinajstić information content (AvgIpc) is 2.61. The van der Waals surface area contributed by atoms with Crippen molar-refractivity contribution in [1.82, 2.24) is 9.97 Å². The van der Waals surface area contributed by atoms with Gasteiger partial charge in [-0.25, -0.2) is 4.98 Å². The molecule has 7 heteroatoms. The molecule has 0 atom stereocenters. The highest BCUT2D eigenvalue weighted by Crippen LogP contribution is 2.36. The Bertz CT molecular complexity index is 946. The van der Waals surface area contributed by atoms with Crippen LogP contribution in [0.5, 0.6) is 11.6 Å². The van der Waals surface area contributed by atoms with E-state index in [0.29, 0.717) is 11.4 Å². The van der Waals surface area contributed by atoms with Crippen molar-refractivity contribution >= 4 is 17.2 Å². The second-order valence-corrected chi connectivity index (χ2v) is 6.41. The third-order valence-electron chi connectivity index (χ3n) is 4.43. The number of nitrogens with zero attached hydrogens (tertiary/aromatic N) is 3. The van der Waals surface area contributed by atoms with Crippen molar-refractivity contribution < 1.29 is 9.66 Å². The highest BCUT2D eigenvalue weighted by atomic mass is 16.6. The second kappa shape index (κ2) is 7.41. The molecule has 138 valence electrons. The number of aryl methyl sites for hydroxylation is 4. The molecule has 0 radical (unpaired) electrons. The summed E-state index contributed by atoms with van der Waals surface area (Å²) in [6.07, 6.45) is 1.24. The summed E-state index contributed by atoms with van der Waals surface area (Å²) in [7, 11) is 0. The molecular weight excluding hydrogens is 344 g/mol. The maximum atomic E-state index is 11.7. The van der Waals surface area contributed by atoms with Crippen molar-refractivity contribution in [1.29, 1.82) is 0 Å². The van der Waals surface area contributed by atoms with E-state index >= 15 is 0 Å². The van der Waals surface area contributed by atoms with E-state index in [9.17, 15) is 10.1 Å². The molecule has 0 aliphatic rings. The lowest BCUT2D eigenvalue weighted by Gasteiger charge is -2.11. The summed E-state index contributed by atoms with van der Waals surface area (Å²) < 4.78 is 5.70. The zero-order chi connectivity index (χ0) is 19.6. The van der Waals surface area contributed by atoms with E-state index in [1.165, 1.54) is 6.33 Å². The first-order valence-electron chi connectivity index (χ1n) is 8.44. The molecule has 1 N–H and O–H groups in total. The topological polar surface area (TPSA) is 90.2 Å². The molecule has 0 spiro atoms. The highest BCUT2D eigenvalue weighted by molar-refractivity contribution is 5.69. The molecule has 2 aromatic carbocycles. The average molecular weight is 364 g/mol. The van der Waals surface area contributed by atoms with Crippen molar-refractivity contribution in [2.24, 2.45) is 0 Å². The molecule has 3 rings (SSSR count). The number of nitro groups is 1. The van der Waals surface area contributed by atoms with E-state index in [0.717, 1.165) is 22.3 Å². The number of anilines is 2. The molecule has 1 heterocycles. The van der Waals surface area contributed by atoms with Crippen LogP contribution >= 0.6 is 0 Å². The summed E-state index contributed by atoms with van der Waals surface area (Å²) >= 11 is 0. The van der Waals surface area contributed by atoms with Gasteiger partial charge in [-0.3, -0.25) is 10.1 Å². The molecule has 0 bridgehead atoms. The zero-order valence-corrected chi connectivity index (χ0v) is 15.6. The molecule has 7 nitrogen and oxygen atoms in total. The van der Waals surface area contributed by atoms with Crippen LogP contribution in [-0.4, -0.2) is 14.9 Å². The van der Waals surface area contributed by atoms with E-state index in [4.69, 9.17) is 4.74 Å². The lowest BCUT2D eigenvalue weighted by molar-refractivity contribution is -0.385. The number of rotatable bonds is 5. The lowest BCUT2D eigenvalue weighted by atomic mass is 10.1. The van der Waals surface area contributed by atoms with Crippen LogP contribution in [0.15, 0.2) is 42.7 Å². The Kier molecular flexibility index (Phi) is 5.03. The van der Waals surface area contributed by atoms with Crippen LogP contribution in [-0.2, 0) is 0 Å². The van der Waals surface area contributed by atoms with Gasteiger partial charge in [0.05, 0.1) is 4.92 Å². The predicted octanol–water partition coefficient (Wildman–Crippen LogP) is 5.15. The normalized spacial score (nSPS) is 10.5. The summed E-state index contributed by atoms with van der Waals surface area (Å²) in [5.41, 5.74) is 4.74. The number of ether oxygens (including phenoxy) is 1. The number of hydrogen-bond acceptors (Lipinski definition) is 6. The van der Waals surface area contributed by atoms with Crippen LogP contribution in [0, 0.1) is 37.8 Å². The molecule has 0 aliphatic carbocycles. The molecule has 0 fully saturated rings. The van der Waals surface area contributed by atoms with Gasteiger partial charge in [0.15, 0.2) is 0 Å². The Morgan fingerprint density at radius 3 is 2.22 bits per heavy atom.